The number of nitrogen functional groups attached to an aromatic ring is 1. The van der Waals surface area contributed by atoms with Gasteiger partial charge in [0.1, 0.15) is 6.29 Å². The van der Waals surface area contributed by atoms with Crippen molar-refractivity contribution in [2.75, 3.05) is 23.3 Å². The van der Waals surface area contributed by atoms with Gasteiger partial charge in [-0.05, 0) is 18.2 Å². The van der Waals surface area contributed by atoms with Gasteiger partial charge in [-0.2, -0.15) is 0 Å². The summed E-state index contributed by atoms with van der Waals surface area (Å²) >= 11 is 0. The zero-order valence-corrected chi connectivity index (χ0v) is 9.28. The minimum absolute atomic E-state index is 0.308. The van der Waals surface area contributed by atoms with Crippen LogP contribution in [0.25, 0.3) is 0 Å². The highest BCUT2D eigenvalue weighted by Crippen LogP contribution is 2.24. The first-order valence-corrected chi connectivity index (χ1v) is 5.99. The predicted octanol–water partition coefficient (Wildman–Crippen LogP) is 0.477. The molecule has 0 unspecified atom stereocenters. The van der Waals surface area contributed by atoms with Crippen molar-refractivity contribution in [3.63, 3.8) is 0 Å². The van der Waals surface area contributed by atoms with Crippen molar-refractivity contribution in [3.05, 3.63) is 23.8 Å². The molecule has 1 aromatic rings. The summed E-state index contributed by atoms with van der Waals surface area (Å²) in [4.78, 5) is 10.5. The van der Waals surface area contributed by atoms with E-state index < -0.39 is 10.0 Å². The van der Waals surface area contributed by atoms with Crippen LogP contribution in [0.1, 0.15) is 10.4 Å². The van der Waals surface area contributed by atoms with Crippen molar-refractivity contribution < 1.29 is 13.2 Å². The standard InChI is InChI=1S/C9H12N2O3S/c1-11(15(2,13)14)9-5-7(6-12)3-4-8(9)10/h3-6H,10H2,1-2H3. The average Bonchev–Trinajstić information content (AvgIpc) is 2.16. The van der Waals surface area contributed by atoms with Gasteiger partial charge in [-0.1, -0.05) is 0 Å². The lowest BCUT2D eigenvalue weighted by molar-refractivity contribution is 0.112. The highest BCUT2D eigenvalue weighted by Gasteiger charge is 2.14. The maximum Gasteiger partial charge on any atom is 0.232 e. The van der Waals surface area contributed by atoms with Crippen LogP contribution in [0.3, 0.4) is 0 Å². The zero-order valence-electron chi connectivity index (χ0n) is 8.47. The van der Waals surface area contributed by atoms with E-state index in [1.165, 1.54) is 25.2 Å². The first-order chi connectivity index (χ1) is 6.86. The van der Waals surface area contributed by atoms with E-state index in [9.17, 15) is 13.2 Å². The van der Waals surface area contributed by atoms with E-state index in [0.717, 1.165) is 10.6 Å². The van der Waals surface area contributed by atoms with Crippen LogP contribution < -0.4 is 10.0 Å². The Morgan fingerprint density at radius 2 is 2.00 bits per heavy atom. The second kappa shape index (κ2) is 3.90. The quantitative estimate of drug-likeness (QED) is 0.602. The van der Waals surface area contributed by atoms with Crippen molar-refractivity contribution >= 4 is 27.7 Å². The van der Waals surface area contributed by atoms with E-state index in [4.69, 9.17) is 5.73 Å². The lowest BCUT2D eigenvalue weighted by atomic mass is 10.2. The molecule has 1 aromatic carbocycles. The van der Waals surface area contributed by atoms with Crippen LogP contribution in [0.5, 0.6) is 0 Å². The van der Waals surface area contributed by atoms with Gasteiger partial charge in [0.05, 0.1) is 17.6 Å². The monoisotopic (exact) mass is 228 g/mol. The number of sulfonamides is 1. The molecule has 0 saturated heterocycles. The zero-order chi connectivity index (χ0) is 11.6. The Morgan fingerprint density at radius 1 is 1.40 bits per heavy atom. The van der Waals surface area contributed by atoms with Gasteiger partial charge in [-0.15, -0.1) is 0 Å². The number of carbonyl (C=O) groups excluding carboxylic acids is 1. The van der Waals surface area contributed by atoms with Crippen molar-refractivity contribution in [1.29, 1.82) is 0 Å². The third kappa shape index (κ3) is 2.47. The molecular formula is C9H12N2O3S. The number of carbonyl (C=O) groups is 1. The fraction of sp³-hybridized carbons (Fsp3) is 0.222. The van der Waals surface area contributed by atoms with Crippen LogP contribution in [-0.2, 0) is 10.0 Å². The first-order valence-electron chi connectivity index (χ1n) is 4.15. The molecule has 0 aliphatic heterocycles. The summed E-state index contributed by atoms with van der Waals surface area (Å²) in [5, 5.41) is 0. The molecule has 0 fully saturated rings. The van der Waals surface area contributed by atoms with Crippen LogP contribution in [-0.4, -0.2) is 28.0 Å². The van der Waals surface area contributed by atoms with Gasteiger partial charge in [0.15, 0.2) is 0 Å². The molecule has 0 spiro atoms. The third-order valence-electron chi connectivity index (χ3n) is 2.03. The van der Waals surface area contributed by atoms with Crippen LogP contribution in [0.15, 0.2) is 18.2 Å². The molecule has 5 nitrogen and oxygen atoms in total. The second-order valence-electron chi connectivity index (χ2n) is 3.17. The molecule has 0 bridgehead atoms. The summed E-state index contributed by atoms with van der Waals surface area (Å²) in [5.41, 5.74) is 6.62. The second-order valence-corrected chi connectivity index (χ2v) is 5.18. The van der Waals surface area contributed by atoms with Crippen molar-refractivity contribution in [2.45, 2.75) is 0 Å². The Balaban J connectivity index is 3.30. The Kier molecular flexibility index (Phi) is 2.99. The molecule has 6 heteroatoms. The van der Waals surface area contributed by atoms with E-state index in [1.807, 2.05) is 0 Å². The lowest BCUT2D eigenvalue weighted by Crippen LogP contribution is -2.25. The molecule has 0 radical (unpaired) electrons. The van der Waals surface area contributed by atoms with Crippen LogP contribution >= 0.6 is 0 Å². The van der Waals surface area contributed by atoms with Gasteiger partial charge in [-0.3, -0.25) is 9.10 Å². The average molecular weight is 228 g/mol. The van der Waals surface area contributed by atoms with E-state index in [0.29, 0.717) is 23.2 Å². The highest BCUT2D eigenvalue weighted by molar-refractivity contribution is 7.92. The van der Waals surface area contributed by atoms with Gasteiger partial charge in [-0.25, -0.2) is 8.42 Å². The smallest absolute Gasteiger partial charge is 0.232 e. The SMILES string of the molecule is CN(c1cc(C=O)ccc1N)S(C)(=O)=O. The fourth-order valence-corrected chi connectivity index (χ4v) is 1.60. The van der Waals surface area contributed by atoms with Gasteiger partial charge in [0.2, 0.25) is 10.0 Å². The summed E-state index contributed by atoms with van der Waals surface area (Å²) in [5.74, 6) is 0. The minimum atomic E-state index is -3.37. The van der Waals surface area contributed by atoms with Gasteiger partial charge < -0.3 is 5.73 Å². The van der Waals surface area contributed by atoms with Gasteiger partial charge in [0.25, 0.3) is 0 Å². The minimum Gasteiger partial charge on any atom is -0.397 e. The first kappa shape index (κ1) is 11.5. The summed E-state index contributed by atoms with van der Waals surface area (Å²) in [6.07, 6.45) is 1.71. The summed E-state index contributed by atoms with van der Waals surface area (Å²) < 4.78 is 23.6. The highest BCUT2D eigenvalue weighted by atomic mass is 32.2. The Labute approximate surface area is 88.5 Å². The molecule has 1 rings (SSSR count). The van der Waals surface area contributed by atoms with E-state index in [-0.39, 0.29) is 0 Å². The molecular weight excluding hydrogens is 216 g/mol. The van der Waals surface area contributed by atoms with Crippen LogP contribution in [0, 0.1) is 0 Å². The number of rotatable bonds is 3. The molecule has 0 aliphatic carbocycles. The van der Waals surface area contributed by atoms with Crippen LogP contribution in [0.4, 0.5) is 11.4 Å². The fourth-order valence-electron chi connectivity index (χ4n) is 1.09. The number of anilines is 2. The molecule has 0 aromatic heterocycles. The number of aldehydes is 1. The lowest BCUT2D eigenvalue weighted by Gasteiger charge is -2.18. The molecule has 0 aliphatic rings. The van der Waals surface area contributed by atoms with E-state index >= 15 is 0 Å². The summed E-state index contributed by atoms with van der Waals surface area (Å²) in [6, 6.07) is 4.46. The third-order valence-corrected chi connectivity index (χ3v) is 3.22. The van der Waals surface area contributed by atoms with E-state index in [2.05, 4.69) is 0 Å². The Hall–Kier alpha value is -1.56. The normalized spacial score (nSPS) is 11.1. The Bertz CT molecular complexity index is 482. The number of nitrogens with zero attached hydrogens (tertiary/aromatic N) is 1. The molecule has 15 heavy (non-hydrogen) atoms. The number of hydrogen-bond acceptors (Lipinski definition) is 4. The number of benzene rings is 1. The predicted molar refractivity (Wildman–Crippen MR) is 59.5 cm³/mol. The molecule has 2 N–H and O–H groups in total. The molecule has 0 atom stereocenters. The van der Waals surface area contributed by atoms with Crippen molar-refractivity contribution in [2.24, 2.45) is 0 Å². The topological polar surface area (TPSA) is 80.5 Å². The maximum atomic E-state index is 11.3. The number of nitrogens with two attached hydrogens (primary N) is 1. The summed E-state index contributed by atoms with van der Waals surface area (Å²) in [6.45, 7) is 0. The van der Waals surface area contributed by atoms with E-state index in [1.54, 1.807) is 0 Å². The number of hydrogen-bond donors (Lipinski definition) is 1. The van der Waals surface area contributed by atoms with Crippen LogP contribution in [0.2, 0.25) is 0 Å². The molecule has 0 saturated carbocycles. The molecule has 82 valence electrons. The summed E-state index contributed by atoms with van der Waals surface area (Å²) in [7, 11) is -1.98. The molecule has 0 amide bonds. The van der Waals surface area contributed by atoms with Gasteiger partial charge in [0, 0.05) is 12.6 Å². The van der Waals surface area contributed by atoms with Gasteiger partial charge >= 0.3 is 0 Å². The van der Waals surface area contributed by atoms with Crippen molar-refractivity contribution in [1.82, 2.24) is 0 Å². The maximum absolute atomic E-state index is 11.3. The Morgan fingerprint density at radius 3 is 2.47 bits per heavy atom. The largest absolute Gasteiger partial charge is 0.397 e. The molecule has 0 heterocycles. The van der Waals surface area contributed by atoms with Crippen molar-refractivity contribution in [3.8, 4) is 0 Å².